The molecule has 6 nitrogen and oxygen atoms in total. The van der Waals surface area contributed by atoms with Gasteiger partial charge in [-0.15, -0.1) is 0 Å². The lowest BCUT2D eigenvalue weighted by Crippen LogP contribution is -2.30. The van der Waals surface area contributed by atoms with Gasteiger partial charge in [-0.25, -0.2) is 0 Å². The number of unbranched alkanes of at least 4 members (excludes halogenated alkanes) is 31. The van der Waals surface area contributed by atoms with E-state index in [9.17, 15) is 14.4 Å². The van der Waals surface area contributed by atoms with Crippen LogP contribution >= 0.6 is 0 Å². The van der Waals surface area contributed by atoms with Crippen LogP contribution in [0.4, 0.5) is 0 Å². The van der Waals surface area contributed by atoms with Gasteiger partial charge in [0.25, 0.3) is 0 Å². The van der Waals surface area contributed by atoms with Crippen LogP contribution in [0.5, 0.6) is 0 Å². The van der Waals surface area contributed by atoms with Crippen molar-refractivity contribution in [1.82, 2.24) is 0 Å². The minimum absolute atomic E-state index is 0.0831. The summed E-state index contributed by atoms with van der Waals surface area (Å²) in [5.41, 5.74) is 0. The molecule has 1 unspecified atom stereocenters. The normalized spacial score (nSPS) is 12.9. The Morgan fingerprint density at radius 2 is 0.476 bits per heavy atom. The van der Waals surface area contributed by atoms with Crippen LogP contribution < -0.4 is 0 Å². The highest BCUT2D eigenvalue weighted by Gasteiger charge is 2.19. The van der Waals surface area contributed by atoms with Crippen molar-refractivity contribution < 1.29 is 28.6 Å². The Hall–Kier alpha value is -4.19. The van der Waals surface area contributed by atoms with Crippen molar-refractivity contribution in [3.63, 3.8) is 0 Å². The van der Waals surface area contributed by atoms with Crippen molar-refractivity contribution >= 4 is 17.9 Å². The third kappa shape index (κ3) is 66.6. The van der Waals surface area contributed by atoms with Crippen molar-refractivity contribution in [3.05, 3.63) is 122 Å². The van der Waals surface area contributed by atoms with E-state index in [0.29, 0.717) is 19.3 Å². The molecule has 0 aromatic carbocycles. The summed E-state index contributed by atoms with van der Waals surface area (Å²) in [5, 5.41) is 0. The lowest BCUT2D eigenvalue weighted by molar-refractivity contribution is -0.167. The zero-order valence-electron chi connectivity index (χ0n) is 53.7. The van der Waals surface area contributed by atoms with Crippen molar-refractivity contribution in [2.45, 2.75) is 329 Å². The number of allylic oxidation sites excluding steroid dienone is 20. The first-order valence-electron chi connectivity index (χ1n) is 34.5. The molecule has 1 atom stereocenters. The molecule has 0 amide bonds. The number of ether oxygens (including phenoxy) is 3. The second-order valence-electron chi connectivity index (χ2n) is 22.7. The van der Waals surface area contributed by atoms with Gasteiger partial charge >= 0.3 is 17.9 Å². The van der Waals surface area contributed by atoms with Crippen LogP contribution in [-0.4, -0.2) is 37.2 Å². The van der Waals surface area contributed by atoms with Gasteiger partial charge in [-0.3, -0.25) is 14.4 Å². The van der Waals surface area contributed by atoms with Gasteiger partial charge in [0, 0.05) is 19.3 Å². The van der Waals surface area contributed by atoms with Crippen LogP contribution in [0.3, 0.4) is 0 Å². The van der Waals surface area contributed by atoms with Gasteiger partial charge < -0.3 is 14.2 Å². The lowest BCUT2D eigenvalue weighted by atomic mass is 10.0. The average molecular weight is 1140 g/mol. The standard InChI is InChI=1S/C76H128O6/c1-4-7-10-13-16-19-22-25-28-30-32-33-34-35-36-37-38-39-40-41-42-43-45-46-48-51-54-57-60-63-66-69-75(78)81-72-73(71-80-74(77)68-65-62-59-56-53-50-27-24-21-18-15-12-9-6-3)82-76(79)70-67-64-61-58-55-52-49-47-44-31-29-26-23-20-17-14-11-8-5-2/h7,10,16-17,19-20,25-26,28-29,32-33,35-36,38-39,41-42,45-46,73H,4-6,8-9,11-15,18,21-24,27,30-31,34,37,40,43-44,47-72H2,1-3H3/b10-7-,19-16-,20-17-,28-25-,29-26-,33-32-,36-35-,39-38-,42-41-,46-45-. The number of hydrogen-bond donors (Lipinski definition) is 0. The van der Waals surface area contributed by atoms with E-state index in [0.717, 1.165) is 128 Å². The van der Waals surface area contributed by atoms with Crippen molar-refractivity contribution in [2.24, 2.45) is 0 Å². The third-order valence-electron chi connectivity index (χ3n) is 14.7. The van der Waals surface area contributed by atoms with Crippen molar-refractivity contribution in [1.29, 1.82) is 0 Å². The zero-order chi connectivity index (χ0) is 59.2. The Labute approximate surface area is 507 Å². The minimum Gasteiger partial charge on any atom is -0.462 e. The Balaban J connectivity index is 4.35. The van der Waals surface area contributed by atoms with E-state index >= 15 is 0 Å². The highest BCUT2D eigenvalue weighted by atomic mass is 16.6. The second-order valence-corrected chi connectivity index (χ2v) is 22.7. The predicted octanol–water partition coefficient (Wildman–Crippen LogP) is 23.9. The molecule has 0 aromatic rings. The molecule has 0 fully saturated rings. The second kappa shape index (κ2) is 69.3. The van der Waals surface area contributed by atoms with E-state index in [1.54, 1.807) is 0 Å². The molecule has 0 saturated heterocycles. The molecule has 0 spiro atoms. The van der Waals surface area contributed by atoms with E-state index in [2.05, 4.69) is 142 Å². The van der Waals surface area contributed by atoms with E-state index in [4.69, 9.17) is 14.2 Å². The number of esters is 3. The van der Waals surface area contributed by atoms with Crippen molar-refractivity contribution in [2.75, 3.05) is 13.2 Å². The summed E-state index contributed by atoms with van der Waals surface area (Å²) >= 11 is 0. The fraction of sp³-hybridized carbons (Fsp3) is 0.697. The van der Waals surface area contributed by atoms with E-state index in [-0.39, 0.29) is 31.1 Å². The minimum atomic E-state index is -0.789. The first kappa shape index (κ1) is 77.8. The fourth-order valence-electron chi connectivity index (χ4n) is 9.55. The van der Waals surface area contributed by atoms with Gasteiger partial charge in [-0.05, 0) is 116 Å². The smallest absolute Gasteiger partial charge is 0.306 e. The molecule has 0 saturated carbocycles. The quantitative estimate of drug-likeness (QED) is 0.0261. The Bertz CT molecular complexity index is 1690. The lowest BCUT2D eigenvalue weighted by Gasteiger charge is -2.18. The summed E-state index contributed by atoms with van der Waals surface area (Å²) in [6.07, 6.45) is 96.3. The van der Waals surface area contributed by atoms with Crippen LogP contribution in [0, 0.1) is 0 Å². The van der Waals surface area contributed by atoms with Gasteiger partial charge in [-0.1, -0.05) is 309 Å². The van der Waals surface area contributed by atoms with Gasteiger partial charge in [0.15, 0.2) is 6.10 Å². The highest BCUT2D eigenvalue weighted by molar-refractivity contribution is 5.71. The monoisotopic (exact) mass is 1140 g/mol. The Kier molecular flexibility index (Phi) is 65.8. The number of carbonyl (C=O) groups is 3. The van der Waals surface area contributed by atoms with Gasteiger partial charge in [0.1, 0.15) is 13.2 Å². The Morgan fingerprint density at radius 1 is 0.256 bits per heavy atom. The van der Waals surface area contributed by atoms with Crippen LogP contribution in [0.15, 0.2) is 122 Å². The molecule has 0 aromatic heterocycles. The van der Waals surface area contributed by atoms with Gasteiger partial charge in [0.05, 0.1) is 0 Å². The first-order chi connectivity index (χ1) is 40.5. The fourth-order valence-corrected chi connectivity index (χ4v) is 9.55. The molecule has 0 aliphatic carbocycles. The molecule has 0 aliphatic heterocycles. The molecular formula is C76H128O6. The molecule has 82 heavy (non-hydrogen) atoms. The van der Waals surface area contributed by atoms with Crippen molar-refractivity contribution in [3.8, 4) is 0 Å². The Morgan fingerprint density at radius 3 is 0.768 bits per heavy atom. The molecule has 0 bridgehead atoms. The average Bonchev–Trinajstić information content (AvgIpc) is 3.47. The number of hydrogen-bond acceptors (Lipinski definition) is 6. The number of carbonyl (C=O) groups excluding carboxylic acids is 3. The molecule has 6 heteroatoms. The molecule has 468 valence electrons. The summed E-state index contributed by atoms with van der Waals surface area (Å²) in [4.78, 5) is 38.4. The predicted molar refractivity (Wildman–Crippen MR) is 357 cm³/mol. The maximum atomic E-state index is 12.9. The molecule has 0 radical (unpaired) electrons. The van der Waals surface area contributed by atoms with Crippen LogP contribution in [-0.2, 0) is 28.6 Å². The topological polar surface area (TPSA) is 78.9 Å². The van der Waals surface area contributed by atoms with Gasteiger partial charge in [-0.2, -0.15) is 0 Å². The zero-order valence-corrected chi connectivity index (χ0v) is 53.7. The first-order valence-corrected chi connectivity index (χ1v) is 34.5. The maximum absolute atomic E-state index is 12.9. The largest absolute Gasteiger partial charge is 0.462 e. The van der Waals surface area contributed by atoms with Crippen LogP contribution in [0.2, 0.25) is 0 Å². The third-order valence-corrected chi connectivity index (χ3v) is 14.7. The van der Waals surface area contributed by atoms with Crippen LogP contribution in [0.1, 0.15) is 323 Å². The summed E-state index contributed by atoms with van der Waals surface area (Å²) in [7, 11) is 0. The summed E-state index contributed by atoms with van der Waals surface area (Å²) in [6, 6.07) is 0. The van der Waals surface area contributed by atoms with Gasteiger partial charge in [0.2, 0.25) is 0 Å². The van der Waals surface area contributed by atoms with E-state index in [1.807, 2.05) is 0 Å². The molecular weight excluding hydrogens is 1010 g/mol. The molecule has 0 heterocycles. The maximum Gasteiger partial charge on any atom is 0.306 e. The highest BCUT2D eigenvalue weighted by Crippen LogP contribution is 2.16. The number of rotatable bonds is 62. The summed E-state index contributed by atoms with van der Waals surface area (Å²) < 4.78 is 17.0. The summed E-state index contributed by atoms with van der Waals surface area (Å²) in [5.74, 6) is -0.892. The molecule has 0 aliphatic rings. The SMILES string of the molecule is CC/C=C\C/C=C\C/C=C\C/C=C\C/C=C\C/C=C\C/C=C\C/C=C\CCCCCCCCC(=O)OCC(COC(=O)CCCCCCCCCCCCCCCC)OC(=O)CCCCCCCCCCC/C=C\C/C=C\CCCCC. The molecule has 0 rings (SSSR count). The van der Waals surface area contributed by atoms with Crippen LogP contribution in [0.25, 0.3) is 0 Å². The van der Waals surface area contributed by atoms with E-state index in [1.165, 1.54) is 154 Å². The summed E-state index contributed by atoms with van der Waals surface area (Å²) in [6.45, 7) is 6.52. The molecule has 0 N–H and O–H groups in total. The van der Waals surface area contributed by atoms with E-state index < -0.39 is 6.10 Å².